The van der Waals surface area contributed by atoms with Gasteiger partial charge in [0.05, 0.1) is 11.7 Å². The molecule has 0 aromatic heterocycles. The van der Waals surface area contributed by atoms with Crippen LogP contribution in [-0.4, -0.2) is 34.0 Å². The van der Waals surface area contributed by atoms with Crippen molar-refractivity contribution in [3.63, 3.8) is 0 Å². The zero-order chi connectivity index (χ0) is 13.9. The maximum absolute atomic E-state index is 11.6. The molecule has 3 rings (SSSR count). The summed E-state index contributed by atoms with van der Waals surface area (Å²) in [6.07, 6.45) is 2.21. The predicted molar refractivity (Wildman–Crippen MR) is 69.1 cm³/mol. The van der Waals surface area contributed by atoms with Gasteiger partial charge in [-0.15, -0.1) is 0 Å². The maximum Gasteiger partial charge on any atom is 0.334 e. The van der Waals surface area contributed by atoms with Crippen LogP contribution in [0.3, 0.4) is 0 Å². The molecule has 6 atom stereocenters. The summed E-state index contributed by atoms with van der Waals surface area (Å²) in [7, 11) is 0. The topological polar surface area (TPSA) is 66.8 Å². The van der Waals surface area contributed by atoms with E-state index in [0.717, 1.165) is 5.57 Å². The van der Waals surface area contributed by atoms with Gasteiger partial charge in [-0.05, 0) is 44.6 Å². The highest BCUT2D eigenvalue weighted by Crippen LogP contribution is 2.51. The normalized spacial score (nSPS) is 49.3. The van der Waals surface area contributed by atoms with Crippen molar-refractivity contribution < 1.29 is 19.7 Å². The zero-order valence-corrected chi connectivity index (χ0v) is 11.3. The zero-order valence-electron chi connectivity index (χ0n) is 11.3. The Morgan fingerprint density at radius 3 is 2.79 bits per heavy atom. The van der Waals surface area contributed by atoms with Gasteiger partial charge in [0, 0.05) is 11.5 Å². The Kier molecular flexibility index (Phi) is 2.67. The number of esters is 1. The van der Waals surface area contributed by atoms with Gasteiger partial charge >= 0.3 is 5.97 Å². The van der Waals surface area contributed by atoms with E-state index >= 15 is 0 Å². The molecule has 2 fully saturated rings. The van der Waals surface area contributed by atoms with E-state index in [2.05, 4.69) is 6.58 Å². The summed E-state index contributed by atoms with van der Waals surface area (Å²) >= 11 is 0. The quantitative estimate of drug-likeness (QED) is 0.392. The third kappa shape index (κ3) is 1.70. The Bertz CT molecular complexity index is 477. The SMILES string of the molecule is C=C1C(=O)OC2C=C(C)C3CC(O)C(C)(O)C3CC12. The third-order valence-corrected chi connectivity index (χ3v) is 5.26. The molecule has 0 spiro atoms. The van der Waals surface area contributed by atoms with Crippen molar-refractivity contribution in [2.24, 2.45) is 17.8 Å². The average molecular weight is 264 g/mol. The Morgan fingerprint density at radius 2 is 2.11 bits per heavy atom. The Balaban J connectivity index is 2.00. The first-order valence-electron chi connectivity index (χ1n) is 6.81. The first-order valence-corrected chi connectivity index (χ1v) is 6.81. The van der Waals surface area contributed by atoms with Gasteiger partial charge in [0.1, 0.15) is 6.10 Å². The van der Waals surface area contributed by atoms with E-state index in [1.807, 2.05) is 13.0 Å². The van der Waals surface area contributed by atoms with E-state index in [0.29, 0.717) is 18.4 Å². The van der Waals surface area contributed by atoms with Crippen LogP contribution < -0.4 is 0 Å². The van der Waals surface area contributed by atoms with Gasteiger partial charge in [-0.2, -0.15) is 0 Å². The molecule has 2 N–H and O–H groups in total. The molecule has 3 aliphatic rings. The lowest BCUT2D eigenvalue weighted by atomic mass is 9.78. The third-order valence-electron chi connectivity index (χ3n) is 5.26. The summed E-state index contributed by atoms with van der Waals surface area (Å²) < 4.78 is 5.33. The standard InChI is InChI=1S/C15H20O4/c1-7-4-12-10(8(2)14(17)19-12)5-11-9(7)6-13(16)15(11,3)18/h4,9-13,16,18H,2,5-6H2,1,3H3. The van der Waals surface area contributed by atoms with Gasteiger partial charge < -0.3 is 14.9 Å². The highest BCUT2D eigenvalue weighted by molar-refractivity contribution is 5.91. The number of hydrogen-bond acceptors (Lipinski definition) is 4. The number of fused-ring (bicyclic) bond motifs is 2. The molecule has 0 aromatic rings. The first kappa shape index (κ1) is 12.9. The van der Waals surface area contributed by atoms with Crippen molar-refractivity contribution in [3.8, 4) is 0 Å². The number of carbonyl (C=O) groups is 1. The lowest BCUT2D eigenvalue weighted by molar-refractivity contribution is -0.137. The van der Waals surface area contributed by atoms with E-state index in [9.17, 15) is 15.0 Å². The fraction of sp³-hybridized carbons (Fsp3) is 0.667. The monoisotopic (exact) mass is 264 g/mol. The highest BCUT2D eigenvalue weighted by atomic mass is 16.5. The molecule has 4 nitrogen and oxygen atoms in total. The molecule has 1 heterocycles. The molecule has 0 amide bonds. The second-order valence-electron chi connectivity index (χ2n) is 6.34. The van der Waals surface area contributed by atoms with Gasteiger partial charge in [0.15, 0.2) is 0 Å². The van der Waals surface area contributed by atoms with Crippen LogP contribution >= 0.6 is 0 Å². The van der Waals surface area contributed by atoms with Gasteiger partial charge in [-0.1, -0.05) is 12.2 Å². The number of rotatable bonds is 0. The summed E-state index contributed by atoms with van der Waals surface area (Å²) in [6, 6.07) is 0. The van der Waals surface area contributed by atoms with Crippen LogP contribution in [0.4, 0.5) is 0 Å². The average Bonchev–Trinajstić information content (AvgIpc) is 2.64. The highest BCUT2D eigenvalue weighted by Gasteiger charge is 2.54. The van der Waals surface area contributed by atoms with Crippen LogP contribution in [0.25, 0.3) is 0 Å². The van der Waals surface area contributed by atoms with Crippen molar-refractivity contribution in [2.45, 2.75) is 44.5 Å². The lowest BCUT2D eigenvalue weighted by Crippen LogP contribution is -2.41. The van der Waals surface area contributed by atoms with Gasteiger partial charge in [0.25, 0.3) is 0 Å². The molecule has 0 aromatic carbocycles. The van der Waals surface area contributed by atoms with Crippen LogP contribution in [0, 0.1) is 17.8 Å². The fourth-order valence-electron chi connectivity index (χ4n) is 3.92. The van der Waals surface area contributed by atoms with E-state index in [1.54, 1.807) is 6.92 Å². The number of hydrogen-bond donors (Lipinski definition) is 2. The molecule has 1 saturated carbocycles. The molecular formula is C15H20O4. The van der Waals surface area contributed by atoms with Crippen molar-refractivity contribution in [1.29, 1.82) is 0 Å². The second-order valence-corrected chi connectivity index (χ2v) is 6.34. The van der Waals surface area contributed by atoms with Crippen LogP contribution in [0.2, 0.25) is 0 Å². The predicted octanol–water partition coefficient (Wildman–Crippen LogP) is 1.18. The van der Waals surface area contributed by atoms with Crippen molar-refractivity contribution in [1.82, 2.24) is 0 Å². The lowest BCUT2D eigenvalue weighted by Gasteiger charge is -2.32. The largest absolute Gasteiger partial charge is 0.454 e. The number of ether oxygens (including phenoxy) is 1. The van der Waals surface area contributed by atoms with Crippen molar-refractivity contribution in [2.75, 3.05) is 0 Å². The molecule has 104 valence electrons. The Hall–Kier alpha value is -1.13. The summed E-state index contributed by atoms with van der Waals surface area (Å²) in [6.45, 7) is 7.50. The van der Waals surface area contributed by atoms with Gasteiger partial charge in [-0.3, -0.25) is 0 Å². The summed E-state index contributed by atoms with van der Waals surface area (Å²) in [5.41, 5.74) is 0.476. The Labute approximate surface area is 112 Å². The first-order chi connectivity index (χ1) is 8.82. The molecule has 0 bridgehead atoms. The Morgan fingerprint density at radius 1 is 1.42 bits per heavy atom. The second kappa shape index (κ2) is 3.93. The maximum atomic E-state index is 11.6. The summed E-state index contributed by atoms with van der Waals surface area (Å²) in [4.78, 5) is 11.6. The van der Waals surface area contributed by atoms with Crippen LogP contribution in [0.1, 0.15) is 26.7 Å². The molecule has 1 saturated heterocycles. The fourth-order valence-corrected chi connectivity index (χ4v) is 3.92. The number of allylic oxidation sites excluding steroid dienone is 1. The van der Waals surface area contributed by atoms with Crippen molar-refractivity contribution >= 4 is 5.97 Å². The molecule has 0 radical (unpaired) electrons. The number of aliphatic hydroxyl groups is 2. The number of carbonyl (C=O) groups excluding carboxylic acids is 1. The van der Waals surface area contributed by atoms with Crippen LogP contribution in [-0.2, 0) is 9.53 Å². The minimum absolute atomic E-state index is 0.0556. The molecule has 6 unspecified atom stereocenters. The smallest absolute Gasteiger partial charge is 0.334 e. The van der Waals surface area contributed by atoms with E-state index in [-0.39, 0.29) is 29.8 Å². The van der Waals surface area contributed by atoms with E-state index < -0.39 is 11.7 Å². The van der Waals surface area contributed by atoms with E-state index in [1.165, 1.54) is 0 Å². The summed E-state index contributed by atoms with van der Waals surface area (Å²) in [5.74, 6) is -0.313. The molecule has 19 heavy (non-hydrogen) atoms. The van der Waals surface area contributed by atoms with Crippen LogP contribution in [0.15, 0.2) is 23.8 Å². The van der Waals surface area contributed by atoms with E-state index in [4.69, 9.17) is 4.74 Å². The molecule has 1 aliphatic heterocycles. The molecular weight excluding hydrogens is 244 g/mol. The van der Waals surface area contributed by atoms with Crippen molar-refractivity contribution in [3.05, 3.63) is 23.8 Å². The van der Waals surface area contributed by atoms with Gasteiger partial charge in [0.2, 0.25) is 0 Å². The molecule has 4 heteroatoms. The summed E-state index contributed by atoms with van der Waals surface area (Å²) in [5, 5.41) is 20.6. The minimum Gasteiger partial charge on any atom is -0.454 e. The minimum atomic E-state index is -1.11. The van der Waals surface area contributed by atoms with Crippen LogP contribution in [0.5, 0.6) is 0 Å². The number of aliphatic hydroxyl groups excluding tert-OH is 1. The molecule has 2 aliphatic carbocycles. The van der Waals surface area contributed by atoms with Gasteiger partial charge in [-0.25, -0.2) is 4.79 Å².